The second kappa shape index (κ2) is 3.68. The number of hydrogen-bond donors (Lipinski definition) is 2. The molecule has 0 spiro atoms. The number of benzene rings is 2. The van der Waals surface area contributed by atoms with Crippen LogP contribution in [-0.2, 0) is 6.42 Å². The van der Waals surface area contributed by atoms with Crippen molar-refractivity contribution >= 4 is 10.8 Å². The van der Waals surface area contributed by atoms with Crippen LogP contribution in [0, 0.1) is 0 Å². The maximum Gasteiger partial charge on any atom is 0.123 e. The van der Waals surface area contributed by atoms with Gasteiger partial charge in [0.05, 0.1) is 0 Å². The Hall–Kier alpha value is -1.54. The summed E-state index contributed by atoms with van der Waals surface area (Å²) in [6.07, 6.45) is 0.801. The molecule has 0 aliphatic heterocycles. The summed E-state index contributed by atoms with van der Waals surface area (Å²) in [6.45, 7) is 0.605. The third-order valence-electron chi connectivity index (χ3n) is 2.38. The van der Waals surface area contributed by atoms with E-state index in [-0.39, 0.29) is 0 Å². The van der Waals surface area contributed by atoms with Crippen molar-refractivity contribution in [3.8, 4) is 5.75 Å². The van der Waals surface area contributed by atoms with Crippen molar-refractivity contribution in [3.63, 3.8) is 0 Å². The van der Waals surface area contributed by atoms with Gasteiger partial charge in [-0.3, -0.25) is 0 Å². The number of phenolic OH excluding ortho intramolecular Hbond substituents is 1. The van der Waals surface area contributed by atoms with E-state index in [0.717, 1.165) is 22.8 Å². The molecule has 0 saturated heterocycles. The Morgan fingerprint density at radius 1 is 1.07 bits per heavy atom. The van der Waals surface area contributed by atoms with Crippen LogP contribution in [0.2, 0.25) is 0 Å². The molecule has 72 valence electrons. The maximum absolute atomic E-state index is 9.74. The molecule has 0 saturated carbocycles. The molecule has 0 fully saturated rings. The average Bonchev–Trinajstić information content (AvgIpc) is 2.19. The van der Waals surface area contributed by atoms with Gasteiger partial charge in [0.2, 0.25) is 0 Å². The lowest BCUT2D eigenvalue weighted by atomic mass is 10.0. The third-order valence-corrected chi connectivity index (χ3v) is 2.38. The minimum absolute atomic E-state index is 0.339. The van der Waals surface area contributed by atoms with Crippen molar-refractivity contribution in [2.45, 2.75) is 6.42 Å². The molecule has 0 bridgehead atoms. The standard InChI is InChI=1S/C12H13NO/c13-8-7-10-4-1-3-9-5-2-6-11(14)12(9)10/h1-6,14H,7-8,13H2. The maximum atomic E-state index is 9.74. The van der Waals surface area contributed by atoms with Crippen molar-refractivity contribution in [3.05, 3.63) is 42.0 Å². The van der Waals surface area contributed by atoms with E-state index >= 15 is 0 Å². The Morgan fingerprint density at radius 3 is 2.50 bits per heavy atom. The van der Waals surface area contributed by atoms with Gasteiger partial charge in [-0.05, 0) is 30.0 Å². The molecule has 2 aromatic carbocycles. The third kappa shape index (κ3) is 1.44. The monoisotopic (exact) mass is 187 g/mol. The molecule has 2 rings (SSSR count). The first-order valence-electron chi connectivity index (χ1n) is 4.72. The highest BCUT2D eigenvalue weighted by Gasteiger charge is 2.03. The van der Waals surface area contributed by atoms with Crippen LogP contribution in [0.1, 0.15) is 5.56 Å². The van der Waals surface area contributed by atoms with Gasteiger partial charge >= 0.3 is 0 Å². The van der Waals surface area contributed by atoms with Crippen LogP contribution in [0.3, 0.4) is 0 Å². The molecule has 0 amide bonds. The largest absolute Gasteiger partial charge is 0.507 e. The number of aromatic hydroxyl groups is 1. The molecule has 2 nitrogen and oxygen atoms in total. The summed E-state index contributed by atoms with van der Waals surface area (Å²) in [6, 6.07) is 11.6. The topological polar surface area (TPSA) is 46.2 Å². The Kier molecular flexibility index (Phi) is 2.37. The molecule has 0 aromatic heterocycles. The Labute approximate surface area is 83.0 Å². The summed E-state index contributed by atoms with van der Waals surface area (Å²) in [4.78, 5) is 0. The van der Waals surface area contributed by atoms with E-state index in [9.17, 15) is 5.11 Å². The number of fused-ring (bicyclic) bond motifs is 1. The molecule has 3 N–H and O–H groups in total. The zero-order chi connectivity index (χ0) is 9.97. The number of phenols is 1. The Bertz CT molecular complexity index is 446. The lowest BCUT2D eigenvalue weighted by Crippen LogP contribution is -2.02. The average molecular weight is 187 g/mol. The fraction of sp³-hybridized carbons (Fsp3) is 0.167. The first-order chi connectivity index (χ1) is 6.83. The molecular weight excluding hydrogens is 174 g/mol. The normalized spacial score (nSPS) is 10.6. The van der Waals surface area contributed by atoms with Crippen molar-refractivity contribution in [2.24, 2.45) is 5.73 Å². The zero-order valence-electron chi connectivity index (χ0n) is 7.90. The van der Waals surface area contributed by atoms with Crippen LogP contribution in [0.4, 0.5) is 0 Å². The lowest BCUT2D eigenvalue weighted by molar-refractivity contribution is 0.481. The summed E-state index contributed by atoms with van der Waals surface area (Å²) in [5.74, 6) is 0.339. The molecule has 2 heteroatoms. The van der Waals surface area contributed by atoms with Crippen LogP contribution in [0.25, 0.3) is 10.8 Å². The van der Waals surface area contributed by atoms with E-state index in [1.165, 1.54) is 0 Å². The zero-order valence-corrected chi connectivity index (χ0v) is 7.90. The predicted molar refractivity (Wildman–Crippen MR) is 58.4 cm³/mol. The van der Waals surface area contributed by atoms with Crippen LogP contribution in [-0.4, -0.2) is 11.7 Å². The van der Waals surface area contributed by atoms with Crippen LogP contribution in [0.15, 0.2) is 36.4 Å². The molecule has 0 radical (unpaired) electrons. The highest BCUT2D eigenvalue weighted by molar-refractivity contribution is 5.91. The SMILES string of the molecule is NCCc1cccc2cccc(O)c12. The fourth-order valence-electron chi connectivity index (χ4n) is 1.76. The fourth-order valence-corrected chi connectivity index (χ4v) is 1.76. The summed E-state index contributed by atoms with van der Waals surface area (Å²) in [5, 5.41) is 11.7. The number of nitrogens with two attached hydrogens (primary N) is 1. The first-order valence-corrected chi connectivity index (χ1v) is 4.72. The Balaban J connectivity index is 2.71. The smallest absolute Gasteiger partial charge is 0.123 e. The van der Waals surface area contributed by atoms with Crippen molar-refractivity contribution < 1.29 is 5.11 Å². The van der Waals surface area contributed by atoms with Gasteiger partial charge in [-0.1, -0.05) is 30.3 Å². The molecule has 0 atom stereocenters. The second-order valence-electron chi connectivity index (χ2n) is 3.33. The highest BCUT2D eigenvalue weighted by atomic mass is 16.3. The quantitative estimate of drug-likeness (QED) is 0.755. The summed E-state index contributed by atoms with van der Waals surface area (Å²) in [5.41, 5.74) is 6.63. The molecule has 0 aliphatic rings. The minimum atomic E-state index is 0.339. The van der Waals surface area contributed by atoms with Crippen LogP contribution < -0.4 is 5.73 Å². The van der Waals surface area contributed by atoms with Gasteiger partial charge in [0, 0.05) is 5.39 Å². The van der Waals surface area contributed by atoms with Gasteiger partial charge in [-0.15, -0.1) is 0 Å². The van der Waals surface area contributed by atoms with Crippen molar-refractivity contribution in [1.29, 1.82) is 0 Å². The second-order valence-corrected chi connectivity index (χ2v) is 3.33. The van der Waals surface area contributed by atoms with E-state index in [0.29, 0.717) is 12.3 Å². The molecule has 0 aliphatic carbocycles. The number of rotatable bonds is 2. The molecule has 2 aromatic rings. The highest BCUT2D eigenvalue weighted by Crippen LogP contribution is 2.27. The van der Waals surface area contributed by atoms with Gasteiger partial charge < -0.3 is 10.8 Å². The van der Waals surface area contributed by atoms with Gasteiger partial charge in [-0.2, -0.15) is 0 Å². The predicted octanol–water partition coefficient (Wildman–Crippen LogP) is 2.05. The lowest BCUT2D eigenvalue weighted by Gasteiger charge is -2.06. The van der Waals surface area contributed by atoms with Crippen molar-refractivity contribution in [2.75, 3.05) is 6.54 Å². The van der Waals surface area contributed by atoms with Crippen LogP contribution in [0.5, 0.6) is 5.75 Å². The van der Waals surface area contributed by atoms with Crippen LogP contribution >= 0.6 is 0 Å². The first kappa shape index (κ1) is 9.03. The van der Waals surface area contributed by atoms with Crippen molar-refractivity contribution in [1.82, 2.24) is 0 Å². The Morgan fingerprint density at radius 2 is 1.79 bits per heavy atom. The van der Waals surface area contributed by atoms with E-state index < -0.39 is 0 Å². The molecular formula is C12H13NO. The molecule has 14 heavy (non-hydrogen) atoms. The molecule has 0 unspecified atom stereocenters. The van der Waals surface area contributed by atoms with E-state index in [2.05, 4.69) is 0 Å². The summed E-state index contributed by atoms with van der Waals surface area (Å²) < 4.78 is 0. The van der Waals surface area contributed by atoms with E-state index in [1.54, 1.807) is 6.07 Å². The van der Waals surface area contributed by atoms with E-state index in [4.69, 9.17) is 5.73 Å². The van der Waals surface area contributed by atoms with Gasteiger partial charge in [0.15, 0.2) is 0 Å². The van der Waals surface area contributed by atoms with E-state index in [1.807, 2.05) is 30.3 Å². The molecule has 0 heterocycles. The van der Waals surface area contributed by atoms with Gasteiger partial charge in [0.1, 0.15) is 5.75 Å². The van der Waals surface area contributed by atoms with Gasteiger partial charge in [-0.25, -0.2) is 0 Å². The van der Waals surface area contributed by atoms with Gasteiger partial charge in [0.25, 0.3) is 0 Å². The summed E-state index contributed by atoms with van der Waals surface area (Å²) >= 11 is 0. The number of hydrogen-bond acceptors (Lipinski definition) is 2. The minimum Gasteiger partial charge on any atom is -0.507 e. The summed E-state index contributed by atoms with van der Waals surface area (Å²) in [7, 11) is 0.